The SMILES string of the molecule is COc1ccc(-c2ccnc(Nc3cccc(N)c3)n2)cc1OC. The Balaban J connectivity index is 1.90. The number of hydrogen-bond donors (Lipinski definition) is 2. The zero-order valence-electron chi connectivity index (χ0n) is 13.5. The lowest BCUT2D eigenvalue weighted by molar-refractivity contribution is 0.355. The number of aromatic nitrogens is 2. The number of rotatable bonds is 5. The van der Waals surface area contributed by atoms with Gasteiger partial charge in [-0.05, 0) is 42.5 Å². The highest BCUT2D eigenvalue weighted by atomic mass is 16.5. The average Bonchev–Trinajstić information content (AvgIpc) is 2.61. The molecule has 0 saturated carbocycles. The van der Waals surface area contributed by atoms with Gasteiger partial charge in [-0.2, -0.15) is 0 Å². The Labute approximate surface area is 140 Å². The predicted molar refractivity (Wildman–Crippen MR) is 94.7 cm³/mol. The van der Waals surface area contributed by atoms with Crippen molar-refractivity contribution in [1.82, 2.24) is 9.97 Å². The van der Waals surface area contributed by atoms with Crippen LogP contribution in [0, 0.1) is 0 Å². The fourth-order valence-electron chi connectivity index (χ4n) is 2.32. The highest BCUT2D eigenvalue weighted by molar-refractivity contribution is 5.66. The van der Waals surface area contributed by atoms with Crippen LogP contribution in [0.5, 0.6) is 11.5 Å². The number of ether oxygens (including phenoxy) is 2. The van der Waals surface area contributed by atoms with Crippen LogP contribution < -0.4 is 20.5 Å². The maximum absolute atomic E-state index is 5.79. The molecule has 0 bridgehead atoms. The summed E-state index contributed by atoms with van der Waals surface area (Å²) in [5.74, 6) is 1.82. The first-order chi connectivity index (χ1) is 11.7. The van der Waals surface area contributed by atoms with Crippen molar-refractivity contribution >= 4 is 17.3 Å². The number of nitrogens with zero attached hydrogens (tertiary/aromatic N) is 2. The van der Waals surface area contributed by atoms with E-state index in [-0.39, 0.29) is 0 Å². The monoisotopic (exact) mass is 322 g/mol. The maximum Gasteiger partial charge on any atom is 0.227 e. The molecule has 0 radical (unpaired) electrons. The van der Waals surface area contributed by atoms with Gasteiger partial charge in [0.2, 0.25) is 5.95 Å². The molecule has 0 amide bonds. The van der Waals surface area contributed by atoms with Gasteiger partial charge >= 0.3 is 0 Å². The van der Waals surface area contributed by atoms with E-state index in [0.717, 1.165) is 16.9 Å². The van der Waals surface area contributed by atoms with E-state index < -0.39 is 0 Å². The van der Waals surface area contributed by atoms with E-state index in [1.54, 1.807) is 20.4 Å². The van der Waals surface area contributed by atoms with E-state index in [2.05, 4.69) is 15.3 Å². The molecule has 122 valence electrons. The van der Waals surface area contributed by atoms with E-state index in [9.17, 15) is 0 Å². The zero-order chi connectivity index (χ0) is 16.9. The van der Waals surface area contributed by atoms with Crippen LogP contribution in [0.4, 0.5) is 17.3 Å². The smallest absolute Gasteiger partial charge is 0.227 e. The third-order valence-electron chi connectivity index (χ3n) is 3.48. The van der Waals surface area contributed by atoms with Crippen LogP contribution >= 0.6 is 0 Å². The van der Waals surface area contributed by atoms with Gasteiger partial charge in [0.05, 0.1) is 19.9 Å². The number of methoxy groups -OCH3 is 2. The molecule has 3 rings (SSSR count). The molecule has 2 aromatic carbocycles. The predicted octanol–water partition coefficient (Wildman–Crippen LogP) is 3.49. The zero-order valence-corrected chi connectivity index (χ0v) is 13.5. The quantitative estimate of drug-likeness (QED) is 0.700. The molecular formula is C18H18N4O2. The second-order valence-corrected chi connectivity index (χ2v) is 5.09. The van der Waals surface area contributed by atoms with Crippen LogP contribution in [0.1, 0.15) is 0 Å². The average molecular weight is 322 g/mol. The lowest BCUT2D eigenvalue weighted by Gasteiger charge is -2.10. The third kappa shape index (κ3) is 3.38. The lowest BCUT2D eigenvalue weighted by atomic mass is 10.1. The Morgan fingerprint density at radius 2 is 1.79 bits per heavy atom. The molecule has 3 aromatic rings. The third-order valence-corrected chi connectivity index (χ3v) is 3.48. The summed E-state index contributed by atoms with van der Waals surface area (Å²) < 4.78 is 10.6. The molecule has 0 aliphatic carbocycles. The van der Waals surface area contributed by atoms with Crippen LogP contribution in [0.15, 0.2) is 54.7 Å². The fraction of sp³-hybridized carbons (Fsp3) is 0.111. The summed E-state index contributed by atoms with van der Waals surface area (Å²) in [6.45, 7) is 0. The van der Waals surface area contributed by atoms with Gasteiger partial charge in [-0.1, -0.05) is 6.07 Å². The summed E-state index contributed by atoms with van der Waals surface area (Å²) in [7, 11) is 3.21. The minimum Gasteiger partial charge on any atom is -0.493 e. The molecule has 0 aliphatic heterocycles. The highest BCUT2D eigenvalue weighted by Crippen LogP contribution is 2.31. The first-order valence-electron chi connectivity index (χ1n) is 7.37. The van der Waals surface area contributed by atoms with Gasteiger partial charge in [0, 0.05) is 23.1 Å². The molecular weight excluding hydrogens is 304 g/mol. The summed E-state index contributed by atoms with van der Waals surface area (Å²) in [5, 5.41) is 3.15. The van der Waals surface area contributed by atoms with Crippen LogP contribution in [-0.2, 0) is 0 Å². The van der Waals surface area contributed by atoms with Crippen molar-refractivity contribution in [1.29, 1.82) is 0 Å². The second-order valence-electron chi connectivity index (χ2n) is 5.09. The molecule has 0 spiro atoms. The van der Waals surface area contributed by atoms with Crippen molar-refractivity contribution in [3.63, 3.8) is 0 Å². The lowest BCUT2D eigenvalue weighted by Crippen LogP contribution is -1.99. The molecule has 24 heavy (non-hydrogen) atoms. The molecule has 1 heterocycles. The maximum atomic E-state index is 5.79. The van der Waals surface area contributed by atoms with Crippen molar-refractivity contribution in [2.75, 3.05) is 25.3 Å². The highest BCUT2D eigenvalue weighted by Gasteiger charge is 2.08. The molecule has 6 heteroatoms. The Hall–Kier alpha value is -3.28. The van der Waals surface area contributed by atoms with Crippen LogP contribution in [-0.4, -0.2) is 24.2 Å². The number of nitrogens with two attached hydrogens (primary N) is 1. The number of hydrogen-bond acceptors (Lipinski definition) is 6. The van der Waals surface area contributed by atoms with Crippen LogP contribution in [0.3, 0.4) is 0 Å². The normalized spacial score (nSPS) is 10.2. The van der Waals surface area contributed by atoms with Crippen molar-refractivity contribution < 1.29 is 9.47 Å². The minimum atomic E-state index is 0.493. The summed E-state index contributed by atoms with van der Waals surface area (Å²) in [6.07, 6.45) is 1.70. The molecule has 0 unspecified atom stereocenters. The van der Waals surface area contributed by atoms with Crippen molar-refractivity contribution in [2.45, 2.75) is 0 Å². The van der Waals surface area contributed by atoms with E-state index >= 15 is 0 Å². The Bertz CT molecular complexity index is 852. The van der Waals surface area contributed by atoms with Gasteiger partial charge < -0.3 is 20.5 Å². The van der Waals surface area contributed by atoms with E-state index in [0.29, 0.717) is 23.1 Å². The van der Waals surface area contributed by atoms with Crippen LogP contribution in [0.25, 0.3) is 11.3 Å². The Morgan fingerprint density at radius 1 is 0.958 bits per heavy atom. The van der Waals surface area contributed by atoms with Gasteiger partial charge in [0.15, 0.2) is 11.5 Å². The molecule has 6 nitrogen and oxygen atoms in total. The topological polar surface area (TPSA) is 82.3 Å². The van der Waals surface area contributed by atoms with E-state index in [1.807, 2.05) is 48.5 Å². The standard InChI is InChI=1S/C18H18N4O2/c1-23-16-7-6-12(10-17(16)24-2)15-8-9-20-18(22-15)21-14-5-3-4-13(19)11-14/h3-11H,19H2,1-2H3,(H,20,21,22). The molecule has 3 N–H and O–H groups in total. The van der Waals surface area contributed by atoms with Gasteiger partial charge in [-0.3, -0.25) is 0 Å². The minimum absolute atomic E-state index is 0.493. The molecule has 1 aromatic heterocycles. The summed E-state index contributed by atoms with van der Waals surface area (Å²) in [6, 6.07) is 14.9. The van der Waals surface area contributed by atoms with E-state index in [4.69, 9.17) is 15.2 Å². The first-order valence-corrected chi connectivity index (χ1v) is 7.37. The van der Waals surface area contributed by atoms with Gasteiger partial charge in [-0.15, -0.1) is 0 Å². The van der Waals surface area contributed by atoms with Gasteiger partial charge in [-0.25, -0.2) is 9.97 Å². The number of nitrogens with one attached hydrogen (secondary N) is 1. The van der Waals surface area contributed by atoms with Crippen molar-refractivity contribution in [2.24, 2.45) is 0 Å². The molecule has 0 saturated heterocycles. The number of anilines is 3. The van der Waals surface area contributed by atoms with Crippen molar-refractivity contribution in [3.8, 4) is 22.8 Å². The van der Waals surface area contributed by atoms with Crippen molar-refractivity contribution in [3.05, 3.63) is 54.7 Å². The first kappa shape index (κ1) is 15.6. The summed E-state index contributed by atoms with van der Waals surface area (Å²) in [5.41, 5.74) is 8.98. The van der Waals surface area contributed by atoms with Gasteiger partial charge in [0.25, 0.3) is 0 Å². The summed E-state index contributed by atoms with van der Waals surface area (Å²) >= 11 is 0. The fourth-order valence-corrected chi connectivity index (χ4v) is 2.32. The number of benzene rings is 2. The summed E-state index contributed by atoms with van der Waals surface area (Å²) in [4.78, 5) is 8.79. The Kier molecular flexibility index (Phi) is 4.47. The van der Waals surface area contributed by atoms with Gasteiger partial charge in [0.1, 0.15) is 0 Å². The number of nitrogen functional groups attached to an aromatic ring is 1. The second kappa shape index (κ2) is 6.87. The Morgan fingerprint density at radius 3 is 2.54 bits per heavy atom. The molecule has 0 fully saturated rings. The molecule has 0 aliphatic rings. The molecule has 0 atom stereocenters. The van der Waals surface area contributed by atoms with E-state index in [1.165, 1.54) is 0 Å². The largest absolute Gasteiger partial charge is 0.493 e. The van der Waals surface area contributed by atoms with Crippen LogP contribution in [0.2, 0.25) is 0 Å².